The first-order chi connectivity index (χ1) is 23.8. The number of likely N-dealkylation sites (tertiary alicyclic amines) is 1. The van der Waals surface area contributed by atoms with E-state index in [2.05, 4.69) is 21.8 Å². The molecule has 3 N–H and O–H groups in total. The lowest BCUT2D eigenvalue weighted by Crippen LogP contribution is -2.54. The number of piperidine rings is 1. The molecule has 2 aliphatic heterocycles. The lowest BCUT2D eigenvalue weighted by molar-refractivity contribution is -0.131. The van der Waals surface area contributed by atoms with E-state index in [0.717, 1.165) is 0 Å². The number of aliphatic hydroxyl groups excluding tert-OH is 1. The van der Waals surface area contributed by atoms with Gasteiger partial charge in [0.15, 0.2) is 5.65 Å². The van der Waals surface area contributed by atoms with Crippen molar-refractivity contribution in [3.8, 4) is 16.9 Å². The summed E-state index contributed by atoms with van der Waals surface area (Å²) < 4.78 is 35.2. The third-order valence-corrected chi connectivity index (χ3v) is 10.1. The minimum absolute atomic E-state index is 0.0136. The van der Waals surface area contributed by atoms with Crippen LogP contribution >= 0.6 is 11.6 Å². The van der Waals surface area contributed by atoms with Gasteiger partial charge in [-0.2, -0.15) is 5.10 Å². The van der Waals surface area contributed by atoms with E-state index < -0.39 is 30.4 Å². The predicted octanol–water partition coefficient (Wildman–Crippen LogP) is 4.81. The quantitative estimate of drug-likeness (QED) is 0.250. The molecule has 1 saturated heterocycles. The van der Waals surface area contributed by atoms with E-state index in [9.17, 15) is 23.5 Å². The largest absolute Gasteiger partial charge is 0.476 e. The number of fused-ring (bicyclic) bond motifs is 2. The lowest BCUT2D eigenvalue weighted by Gasteiger charge is -2.47. The van der Waals surface area contributed by atoms with E-state index in [4.69, 9.17) is 32.2 Å². The molecule has 1 unspecified atom stereocenters. The Kier molecular flexibility index (Phi) is 8.97. The molecule has 3 atom stereocenters. The van der Waals surface area contributed by atoms with Crippen molar-refractivity contribution in [2.45, 2.75) is 77.1 Å². The van der Waals surface area contributed by atoms with Gasteiger partial charge in [0.2, 0.25) is 6.10 Å². The van der Waals surface area contributed by atoms with Crippen LogP contribution in [0.5, 0.6) is 5.75 Å². The van der Waals surface area contributed by atoms with Crippen LogP contribution in [0.15, 0.2) is 36.8 Å². The summed E-state index contributed by atoms with van der Waals surface area (Å²) in [5.41, 5.74) is 9.08. The van der Waals surface area contributed by atoms with Gasteiger partial charge in [-0.1, -0.05) is 38.4 Å². The molecule has 0 radical (unpaired) electrons. The van der Waals surface area contributed by atoms with Gasteiger partial charge in [0.25, 0.3) is 17.7 Å². The van der Waals surface area contributed by atoms with Crippen LogP contribution in [0.3, 0.4) is 0 Å². The second kappa shape index (κ2) is 13.1. The highest BCUT2D eigenvalue weighted by Crippen LogP contribution is 2.45. The maximum atomic E-state index is 13.7. The van der Waals surface area contributed by atoms with Crippen LogP contribution in [-0.2, 0) is 17.8 Å². The van der Waals surface area contributed by atoms with Crippen molar-refractivity contribution < 1.29 is 28.2 Å². The summed E-state index contributed by atoms with van der Waals surface area (Å²) in [7, 11) is 0. The van der Waals surface area contributed by atoms with E-state index in [0.29, 0.717) is 76.1 Å². The van der Waals surface area contributed by atoms with Gasteiger partial charge in [-0.05, 0) is 42.4 Å². The topological polar surface area (TPSA) is 153 Å². The number of hydrogen-bond donors (Lipinski definition) is 2. The number of nitrogens with zero attached hydrogens (tertiary/aromatic N) is 7. The van der Waals surface area contributed by atoms with Gasteiger partial charge >= 0.3 is 0 Å². The SMILES string of the molecule is CC(C)Cc1nc2c(cnn2[C@@H]2CCN(C3CC(F)(F)C3)C[C@H]2C)c(-c2ccc3c(c2)OC(CO)C(=O)N3Cc2ncc(Cl)cn2)c1C(N)=O. The number of rotatable bonds is 9. The highest BCUT2D eigenvalue weighted by Gasteiger charge is 2.49. The summed E-state index contributed by atoms with van der Waals surface area (Å²) in [6, 6.07) is 5.09. The summed E-state index contributed by atoms with van der Waals surface area (Å²) >= 11 is 5.96. The van der Waals surface area contributed by atoms with Gasteiger partial charge < -0.3 is 15.6 Å². The number of pyridine rings is 1. The zero-order chi connectivity index (χ0) is 35.5. The molecule has 4 aromatic rings. The lowest BCUT2D eigenvalue weighted by atomic mass is 9.83. The molecule has 0 bridgehead atoms. The standard InChI is InChI=1S/C35H39ClF2N8O4/c1-18(2)8-24-31(32(39)48)30(23-14-42-46(33(23)43-24)25-6-7-44(15-19(25)3)22-10-35(37,38)11-22)20-4-5-26-27(9-20)50-28(17-47)34(49)45(26)16-29-40-12-21(36)13-41-29/h4-5,9,12-14,18-19,22,25,28,47H,6-8,10-11,15-17H2,1-3H3,(H2,39,48)/t19-,25-,28?/m1/s1. The van der Waals surface area contributed by atoms with Crippen molar-refractivity contribution in [3.05, 3.63) is 58.9 Å². The maximum Gasteiger partial charge on any atom is 0.271 e. The number of aliphatic hydroxyl groups is 1. The van der Waals surface area contributed by atoms with E-state index in [1.807, 2.05) is 18.5 Å². The fraction of sp³-hybridized carbons (Fsp3) is 0.486. The molecule has 1 aliphatic carbocycles. The van der Waals surface area contributed by atoms with Crippen LogP contribution in [0.2, 0.25) is 5.02 Å². The number of alkyl halides is 2. The number of hydrogen-bond acceptors (Lipinski definition) is 9. The van der Waals surface area contributed by atoms with Crippen molar-refractivity contribution in [2.75, 3.05) is 24.6 Å². The van der Waals surface area contributed by atoms with Crippen LogP contribution in [0.25, 0.3) is 22.2 Å². The highest BCUT2D eigenvalue weighted by molar-refractivity contribution is 6.30. The summed E-state index contributed by atoms with van der Waals surface area (Å²) in [5, 5.41) is 15.9. The zero-order valence-electron chi connectivity index (χ0n) is 28.0. The molecule has 3 aliphatic rings. The van der Waals surface area contributed by atoms with Gasteiger partial charge in [-0.25, -0.2) is 28.4 Å². The van der Waals surface area contributed by atoms with Crippen molar-refractivity contribution in [1.82, 2.24) is 29.6 Å². The fourth-order valence-corrected chi connectivity index (χ4v) is 7.62. The molecule has 2 amide bonds. The fourth-order valence-electron chi connectivity index (χ4n) is 7.52. The molecule has 7 rings (SSSR count). The van der Waals surface area contributed by atoms with E-state index >= 15 is 0 Å². The van der Waals surface area contributed by atoms with Crippen LogP contribution in [0.4, 0.5) is 14.5 Å². The smallest absolute Gasteiger partial charge is 0.271 e. The number of anilines is 1. The monoisotopic (exact) mass is 708 g/mol. The Morgan fingerprint density at radius 2 is 1.94 bits per heavy atom. The number of primary amides is 1. The van der Waals surface area contributed by atoms with Crippen molar-refractivity contribution >= 4 is 40.1 Å². The van der Waals surface area contributed by atoms with Crippen LogP contribution in [0, 0.1) is 11.8 Å². The summed E-state index contributed by atoms with van der Waals surface area (Å²) in [6.07, 6.45) is 4.40. The number of aromatic nitrogens is 5. The number of carbonyl (C=O) groups excluding carboxylic acids is 2. The molecular weight excluding hydrogens is 670 g/mol. The summed E-state index contributed by atoms with van der Waals surface area (Å²) in [4.78, 5) is 43.7. The average molecular weight is 709 g/mol. The Hall–Kier alpha value is -4.27. The number of amides is 2. The first-order valence-electron chi connectivity index (χ1n) is 16.8. The van der Waals surface area contributed by atoms with E-state index in [-0.39, 0.29) is 48.9 Å². The minimum Gasteiger partial charge on any atom is -0.476 e. The van der Waals surface area contributed by atoms with Crippen molar-refractivity contribution in [3.63, 3.8) is 0 Å². The first-order valence-corrected chi connectivity index (χ1v) is 17.2. The Labute approximate surface area is 292 Å². The number of nitrogens with two attached hydrogens (primary N) is 1. The molecule has 50 heavy (non-hydrogen) atoms. The molecule has 12 nitrogen and oxygen atoms in total. The van der Waals surface area contributed by atoms with Gasteiger partial charge in [0, 0.05) is 55.3 Å². The normalized spacial score (nSPS) is 22.4. The average Bonchev–Trinajstić information content (AvgIpc) is 3.47. The zero-order valence-corrected chi connectivity index (χ0v) is 28.8. The Balaban J connectivity index is 1.31. The second-order valence-electron chi connectivity index (χ2n) is 14.1. The van der Waals surface area contributed by atoms with E-state index in [1.54, 1.807) is 24.4 Å². The van der Waals surface area contributed by atoms with E-state index in [1.165, 1.54) is 17.3 Å². The number of ether oxygens (including phenoxy) is 1. The minimum atomic E-state index is -2.58. The molecule has 2 fully saturated rings. The van der Waals surface area contributed by atoms with Gasteiger partial charge in [0.1, 0.15) is 11.6 Å². The van der Waals surface area contributed by atoms with Crippen LogP contribution in [-0.4, -0.2) is 84.3 Å². The van der Waals surface area contributed by atoms with Gasteiger partial charge in [-0.3, -0.25) is 19.4 Å². The van der Waals surface area contributed by atoms with Crippen LogP contribution < -0.4 is 15.4 Å². The highest BCUT2D eigenvalue weighted by atomic mass is 35.5. The third-order valence-electron chi connectivity index (χ3n) is 9.95. The molecule has 15 heteroatoms. The Morgan fingerprint density at radius 1 is 1.20 bits per heavy atom. The Morgan fingerprint density at radius 3 is 2.58 bits per heavy atom. The second-order valence-corrected chi connectivity index (χ2v) is 14.5. The van der Waals surface area contributed by atoms with Gasteiger partial charge in [-0.15, -0.1) is 0 Å². The first kappa shape index (κ1) is 34.2. The van der Waals surface area contributed by atoms with Crippen molar-refractivity contribution in [1.29, 1.82) is 0 Å². The molecule has 1 aromatic carbocycles. The number of carbonyl (C=O) groups is 2. The summed E-state index contributed by atoms with van der Waals surface area (Å²) in [6.45, 7) is 6.97. The molecule has 5 heterocycles. The third kappa shape index (κ3) is 6.28. The summed E-state index contributed by atoms with van der Waals surface area (Å²) in [5.74, 6) is -2.75. The molecule has 3 aromatic heterocycles. The van der Waals surface area contributed by atoms with Crippen molar-refractivity contribution in [2.24, 2.45) is 17.6 Å². The number of benzene rings is 1. The molecular formula is C35H39ClF2N8O4. The molecule has 0 spiro atoms. The number of halogens is 3. The Bertz CT molecular complexity index is 1950. The maximum absolute atomic E-state index is 13.7. The van der Waals surface area contributed by atoms with Crippen LogP contribution in [0.1, 0.15) is 68.0 Å². The van der Waals surface area contributed by atoms with Gasteiger partial charge in [0.05, 0.1) is 47.4 Å². The molecule has 264 valence electrons. The molecule has 1 saturated carbocycles. The predicted molar refractivity (Wildman–Crippen MR) is 182 cm³/mol.